The minimum absolute atomic E-state index is 0.188. The van der Waals surface area contributed by atoms with Gasteiger partial charge in [-0.05, 0) is 35.9 Å². The summed E-state index contributed by atoms with van der Waals surface area (Å²) in [4.78, 5) is 16.6. The number of rotatable bonds is 9. The van der Waals surface area contributed by atoms with Crippen LogP contribution in [0.1, 0.15) is 13.8 Å². The molecule has 3 rings (SSSR count). The summed E-state index contributed by atoms with van der Waals surface area (Å²) >= 11 is 0. The molecule has 1 heterocycles. The maximum atomic E-state index is 12.5. The predicted octanol–water partition coefficient (Wildman–Crippen LogP) is 3.80. The van der Waals surface area contributed by atoms with E-state index >= 15 is 0 Å². The first-order chi connectivity index (χ1) is 15.0. The number of hydrogen-bond donors (Lipinski definition) is 1. The van der Waals surface area contributed by atoms with E-state index in [9.17, 15) is 13.2 Å². The Labute approximate surface area is 182 Å². The second kappa shape index (κ2) is 10.2. The number of hydrogen-bond acceptors (Lipinski definition) is 5. The third-order valence-electron chi connectivity index (χ3n) is 4.71. The number of amides is 1. The number of carbonyl (C=O) groups excluding carboxylic acids is 1. The molecule has 0 saturated heterocycles. The van der Waals surface area contributed by atoms with Crippen LogP contribution in [0.15, 0.2) is 78.0 Å². The number of pyridine rings is 1. The fourth-order valence-electron chi connectivity index (χ4n) is 3.11. The van der Waals surface area contributed by atoms with Crippen molar-refractivity contribution < 1.29 is 17.9 Å². The van der Waals surface area contributed by atoms with Crippen molar-refractivity contribution in [1.29, 1.82) is 0 Å². The van der Waals surface area contributed by atoms with Crippen LogP contribution in [0.4, 0.5) is 5.69 Å². The molecule has 1 amide bonds. The minimum Gasteiger partial charge on any atom is -0.481 e. The number of sulfonamides is 1. The highest BCUT2D eigenvalue weighted by Crippen LogP contribution is 2.28. The summed E-state index contributed by atoms with van der Waals surface area (Å²) in [5.74, 6) is 0.145. The fourth-order valence-corrected chi connectivity index (χ4v) is 4.57. The topological polar surface area (TPSA) is 88.6 Å². The van der Waals surface area contributed by atoms with Crippen molar-refractivity contribution in [2.75, 3.05) is 25.0 Å². The molecule has 2 aromatic carbocycles. The normalized spacial score (nSPS) is 11.3. The Balaban J connectivity index is 1.64. The first kappa shape index (κ1) is 22.5. The lowest BCUT2D eigenvalue weighted by Crippen LogP contribution is -2.30. The molecule has 7 nitrogen and oxygen atoms in total. The van der Waals surface area contributed by atoms with Crippen molar-refractivity contribution in [1.82, 2.24) is 9.29 Å². The molecule has 0 spiro atoms. The molecule has 1 aromatic heterocycles. The molecule has 3 aromatic rings. The van der Waals surface area contributed by atoms with Crippen LogP contribution in [0.5, 0.6) is 5.75 Å². The van der Waals surface area contributed by atoms with Crippen LogP contribution < -0.4 is 10.1 Å². The van der Waals surface area contributed by atoms with Crippen molar-refractivity contribution in [2.24, 2.45) is 0 Å². The molecule has 0 aliphatic rings. The summed E-state index contributed by atoms with van der Waals surface area (Å²) in [5, 5.41) is 2.71. The zero-order chi connectivity index (χ0) is 22.3. The third kappa shape index (κ3) is 5.48. The smallest absolute Gasteiger partial charge is 0.262 e. The van der Waals surface area contributed by atoms with Crippen LogP contribution in [0, 0.1) is 0 Å². The van der Waals surface area contributed by atoms with E-state index < -0.39 is 10.0 Å². The first-order valence-corrected chi connectivity index (χ1v) is 11.4. The van der Waals surface area contributed by atoms with Crippen molar-refractivity contribution in [3.8, 4) is 16.9 Å². The summed E-state index contributed by atoms with van der Waals surface area (Å²) < 4.78 is 32.2. The predicted molar refractivity (Wildman–Crippen MR) is 120 cm³/mol. The number of benzene rings is 2. The second-order valence-electron chi connectivity index (χ2n) is 6.69. The van der Waals surface area contributed by atoms with Crippen molar-refractivity contribution >= 4 is 21.6 Å². The molecule has 8 heteroatoms. The highest BCUT2D eigenvalue weighted by atomic mass is 32.2. The lowest BCUT2D eigenvalue weighted by Gasteiger charge is -2.18. The lowest BCUT2D eigenvalue weighted by atomic mass is 10.1. The Morgan fingerprint density at radius 1 is 1.00 bits per heavy atom. The van der Waals surface area contributed by atoms with Gasteiger partial charge in [-0.15, -0.1) is 0 Å². The Hall–Kier alpha value is -3.23. The van der Waals surface area contributed by atoms with Crippen molar-refractivity contribution in [3.05, 3.63) is 73.1 Å². The molecule has 0 aliphatic carbocycles. The van der Waals surface area contributed by atoms with E-state index in [4.69, 9.17) is 4.74 Å². The Kier molecular flexibility index (Phi) is 7.38. The fraction of sp³-hybridized carbons (Fsp3) is 0.217. The average Bonchev–Trinajstić information content (AvgIpc) is 2.79. The molecular formula is C23H25N3O4S. The molecule has 0 atom stereocenters. The zero-order valence-corrected chi connectivity index (χ0v) is 18.3. The summed E-state index contributed by atoms with van der Waals surface area (Å²) in [7, 11) is -3.53. The lowest BCUT2D eigenvalue weighted by molar-refractivity contribution is -0.118. The van der Waals surface area contributed by atoms with E-state index in [1.165, 1.54) is 16.4 Å². The van der Waals surface area contributed by atoms with E-state index in [0.717, 1.165) is 11.1 Å². The van der Waals surface area contributed by atoms with Gasteiger partial charge in [-0.3, -0.25) is 9.78 Å². The summed E-state index contributed by atoms with van der Waals surface area (Å²) in [6.07, 6.45) is 3.24. The maximum Gasteiger partial charge on any atom is 0.262 e. The van der Waals surface area contributed by atoms with Gasteiger partial charge in [0.25, 0.3) is 5.91 Å². The minimum atomic E-state index is -3.53. The van der Waals surface area contributed by atoms with E-state index in [1.54, 1.807) is 38.4 Å². The maximum absolute atomic E-state index is 12.5. The van der Waals surface area contributed by atoms with Gasteiger partial charge in [0.2, 0.25) is 10.0 Å². The van der Waals surface area contributed by atoms with E-state index in [-0.39, 0.29) is 17.4 Å². The molecule has 0 unspecified atom stereocenters. The van der Waals surface area contributed by atoms with Gasteiger partial charge in [-0.1, -0.05) is 44.2 Å². The highest BCUT2D eigenvalue weighted by Gasteiger charge is 2.21. The van der Waals surface area contributed by atoms with E-state index in [0.29, 0.717) is 24.5 Å². The molecule has 0 saturated carbocycles. The summed E-state index contributed by atoms with van der Waals surface area (Å²) in [5.41, 5.74) is 2.29. The number of nitrogens with one attached hydrogen (secondary N) is 1. The van der Waals surface area contributed by atoms with Crippen LogP contribution >= 0.6 is 0 Å². The van der Waals surface area contributed by atoms with Gasteiger partial charge in [0.15, 0.2) is 6.61 Å². The van der Waals surface area contributed by atoms with Gasteiger partial charge in [-0.25, -0.2) is 8.42 Å². The van der Waals surface area contributed by atoms with Gasteiger partial charge >= 0.3 is 0 Å². The van der Waals surface area contributed by atoms with Gasteiger partial charge < -0.3 is 10.1 Å². The van der Waals surface area contributed by atoms with Crippen LogP contribution in [0.25, 0.3) is 11.1 Å². The zero-order valence-electron chi connectivity index (χ0n) is 17.5. The van der Waals surface area contributed by atoms with Gasteiger partial charge in [0.05, 0.1) is 11.1 Å². The average molecular weight is 440 g/mol. The molecule has 1 N–H and O–H groups in total. The van der Waals surface area contributed by atoms with Gasteiger partial charge in [0.1, 0.15) is 5.75 Å². The van der Waals surface area contributed by atoms with Crippen LogP contribution in [0.2, 0.25) is 0 Å². The monoisotopic (exact) mass is 439 g/mol. The number of aromatic nitrogens is 1. The molecule has 162 valence electrons. The Morgan fingerprint density at radius 2 is 1.68 bits per heavy atom. The third-order valence-corrected chi connectivity index (χ3v) is 6.77. The summed E-state index contributed by atoms with van der Waals surface area (Å²) in [6, 6.07) is 17.6. The van der Waals surface area contributed by atoms with Crippen molar-refractivity contribution in [2.45, 2.75) is 18.7 Å². The molecule has 0 bridgehead atoms. The highest BCUT2D eigenvalue weighted by molar-refractivity contribution is 7.89. The standard InChI is InChI=1S/C23H25N3O4S/c1-3-26(4-2)31(28,29)20-12-10-19(11-13-20)25-23(27)17-30-22-16-24-15-14-21(22)18-8-6-5-7-9-18/h5-16H,3-4,17H2,1-2H3,(H,25,27). The number of nitrogens with zero attached hydrogens (tertiary/aromatic N) is 2. The molecule has 0 radical (unpaired) electrons. The molecule has 0 aliphatic heterocycles. The molecular weight excluding hydrogens is 414 g/mol. The second-order valence-corrected chi connectivity index (χ2v) is 8.63. The van der Waals surface area contributed by atoms with E-state index in [1.807, 2.05) is 36.4 Å². The van der Waals surface area contributed by atoms with Crippen LogP contribution in [0.3, 0.4) is 0 Å². The van der Waals surface area contributed by atoms with E-state index in [2.05, 4.69) is 10.3 Å². The molecule has 0 fully saturated rings. The van der Waals surface area contributed by atoms with Gasteiger partial charge in [-0.2, -0.15) is 4.31 Å². The first-order valence-electron chi connectivity index (χ1n) is 9.98. The Morgan fingerprint density at radius 3 is 2.32 bits per heavy atom. The Bertz CT molecular complexity index is 1110. The van der Waals surface area contributed by atoms with Gasteiger partial charge in [0, 0.05) is 30.5 Å². The summed E-state index contributed by atoms with van der Waals surface area (Å²) in [6.45, 7) is 4.18. The SMILES string of the molecule is CCN(CC)S(=O)(=O)c1ccc(NC(=O)COc2cnccc2-c2ccccc2)cc1. The van der Waals surface area contributed by atoms with Crippen molar-refractivity contribution in [3.63, 3.8) is 0 Å². The molecule has 31 heavy (non-hydrogen) atoms. The number of anilines is 1. The number of carbonyl (C=O) groups is 1. The van der Waals surface area contributed by atoms with Crippen LogP contribution in [-0.4, -0.2) is 43.3 Å². The van der Waals surface area contributed by atoms with Crippen LogP contribution in [-0.2, 0) is 14.8 Å². The number of ether oxygens (including phenoxy) is 1. The largest absolute Gasteiger partial charge is 0.481 e. The quantitative estimate of drug-likeness (QED) is 0.548.